The largest absolute Gasteiger partial charge is 0.363 e. The molecule has 6 heteroatoms. The van der Waals surface area contributed by atoms with Crippen LogP contribution in [0.3, 0.4) is 0 Å². The molecule has 1 unspecified atom stereocenters. The number of hydrogen-bond acceptors (Lipinski definition) is 6. The summed E-state index contributed by atoms with van der Waals surface area (Å²) in [7, 11) is 6.20. The standard InChI is InChI=1S/C10H19N5S/c1-11-10-12-9(13-16-10)8-7-14(2)5-4-6-15(8)3/h8H,4-7H2,1-3H3,(H,11,12,13). The Balaban J connectivity index is 2.15. The number of nitrogens with zero attached hydrogens (tertiary/aromatic N) is 4. The highest BCUT2D eigenvalue weighted by atomic mass is 32.1. The first-order valence-electron chi connectivity index (χ1n) is 5.61. The predicted molar refractivity (Wildman–Crippen MR) is 66.9 cm³/mol. The van der Waals surface area contributed by atoms with Gasteiger partial charge in [0, 0.05) is 25.1 Å². The second kappa shape index (κ2) is 5.07. The fourth-order valence-electron chi connectivity index (χ4n) is 2.02. The second-order valence-electron chi connectivity index (χ2n) is 4.32. The molecule has 0 aromatic carbocycles. The molecule has 2 rings (SSSR count). The minimum absolute atomic E-state index is 0.325. The normalized spacial score (nSPS) is 24.3. The molecule has 1 aromatic rings. The number of anilines is 1. The quantitative estimate of drug-likeness (QED) is 0.833. The Morgan fingerprint density at radius 3 is 2.88 bits per heavy atom. The summed E-state index contributed by atoms with van der Waals surface area (Å²) < 4.78 is 4.44. The summed E-state index contributed by atoms with van der Waals surface area (Å²) in [6.07, 6.45) is 1.21. The zero-order valence-electron chi connectivity index (χ0n) is 10.1. The van der Waals surface area contributed by atoms with Gasteiger partial charge in [0.2, 0.25) is 5.13 Å². The molecule has 1 aliphatic rings. The van der Waals surface area contributed by atoms with Crippen LogP contribution >= 0.6 is 11.5 Å². The van der Waals surface area contributed by atoms with Gasteiger partial charge in [-0.15, -0.1) is 0 Å². The molecule has 0 radical (unpaired) electrons. The maximum atomic E-state index is 4.51. The smallest absolute Gasteiger partial charge is 0.202 e. The van der Waals surface area contributed by atoms with E-state index in [1.165, 1.54) is 18.0 Å². The van der Waals surface area contributed by atoms with Crippen LogP contribution in [0.2, 0.25) is 0 Å². The highest BCUT2D eigenvalue weighted by Crippen LogP contribution is 2.23. The van der Waals surface area contributed by atoms with Crippen molar-refractivity contribution in [3.63, 3.8) is 0 Å². The van der Waals surface area contributed by atoms with Gasteiger partial charge in [0.25, 0.3) is 0 Å². The average molecular weight is 241 g/mol. The van der Waals surface area contributed by atoms with Crippen molar-refractivity contribution >= 4 is 16.7 Å². The number of nitrogens with one attached hydrogen (secondary N) is 1. The van der Waals surface area contributed by atoms with E-state index in [2.05, 4.69) is 38.6 Å². The summed E-state index contributed by atoms with van der Waals surface area (Å²) >= 11 is 1.44. The van der Waals surface area contributed by atoms with Crippen LogP contribution in [-0.2, 0) is 0 Å². The molecule has 5 nitrogen and oxygen atoms in total. The maximum Gasteiger partial charge on any atom is 0.202 e. The van der Waals surface area contributed by atoms with Crippen molar-refractivity contribution in [3.05, 3.63) is 5.82 Å². The summed E-state index contributed by atoms with van der Waals surface area (Å²) in [5, 5.41) is 3.94. The maximum absolute atomic E-state index is 4.51. The molecule has 1 atom stereocenters. The molecular weight excluding hydrogens is 222 g/mol. The Morgan fingerprint density at radius 2 is 2.19 bits per heavy atom. The second-order valence-corrected chi connectivity index (χ2v) is 5.07. The number of hydrogen-bond donors (Lipinski definition) is 1. The molecule has 16 heavy (non-hydrogen) atoms. The van der Waals surface area contributed by atoms with Crippen molar-refractivity contribution in [3.8, 4) is 0 Å². The monoisotopic (exact) mass is 241 g/mol. The molecule has 0 spiro atoms. The third-order valence-corrected chi connectivity index (χ3v) is 3.77. The van der Waals surface area contributed by atoms with Gasteiger partial charge in [-0.1, -0.05) is 0 Å². The predicted octanol–water partition coefficient (Wildman–Crippen LogP) is 0.888. The van der Waals surface area contributed by atoms with Crippen molar-refractivity contribution < 1.29 is 0 Å². The van der Waals surface area contributed by atoms with Gasteiger partial charge in [0.05, 0.1) is 6.04 Å². The van der Waals surface area contributed by atoms with E-state index in [0.29, 0.717) is 6.04 Å². The van der Waals surface area contributed by atoms with Gasteiger partial charge in [-0.05, 0) is 33.6 Å². The third kappa shape index (κ3) is 2.50. The molecule has 0 aliphatic carbocycles. The lowest BCUT2D eigenvalue weighted by Crippen LogP contribution is -2.31. The minimum atomic E-state index is 0.325. The molecular formula is C10H19N5S. The molecule has 90 valence electrons. The lowest BCUT2D eigenvalue weighted by atomic mass is 10.2. The summed E-state index contributed by atoms with van der Waals surface area (Å²) in [5.41, 5.74) is 0. The Labute approximate surface area is 101 Å². The summed E-state index contributed by atoms with van der Waals surface area (Å²) in [5.74, 6) is 0.950. The molecule has 1 N–H and O–H groups in total. The van der Waals surface area contributed by atoms with Gasteiger partial charge >= 0.3 is 0 Å². The molecule has 1 aliphatic heterocycles. The Morgan fingerprint density at radius 1 is 1.38 bits per heavy atom. The summed E-state index contributed by atoms with van der Waals surface area (Å²) in [4.78, 5) is 9.21. The highest BCUT2D eigenvalue weighted by molar-refractivity contribution is 7.09. The Hall–Kier alpha value is -0.720. The average Bonchev–Trinajstić information content (AvgIpc) is 2.67. The van der Waals surface area contributed by atoms with E-state index >= 15 is 0 Å². The van der Waals surface area contributed by atoms with Crippen molar-refractivity contribution in [2.45, 2.75) is 12.5 Å². The van der Waals surface area contributed by atoms with Crippen LogP contribution in [-0.4, -0.2) is 59.9 Å². The van der Waals surface area contributed by atoms with E-state index < -0.39 is 0 Å². The zero-order chi connectivity index (χ0) is 11.5. The van der Waals surface area contributed by atoms with Crippen LogP contribution in [0.4, 0.5) is 5.13 Å². The lowest BCUT2D eigenvalue weighted by molar-refractivity contribution is 0.221. The van der Waals surface area contributed by atoms with Crippen LogP contribution in [0.25, 0.3) is 0 Å². The van der Waals surface area contributed by atoms with Crippen molar-refractivity contribution in [1.82, 2.24) is 19.2 Å². The lowest BCUT2D eigenvalue weighted by Gasteiger charge is -2.24. The SMILES string of the molecule is CNc1nc(C2CN(C)CCCN2C)ns1. The first kappa shape index (κ1) is 11.8. The topological polar surface area (TPSA) is 44.3 Å². The van der Waals surface area contributed by atoms with Gasteiger partial charge in [0.1, 0.15) is 0 Å². The number of aromatic nitrogens is 2. The van der Waals surface area contributed by atoms with E-state index in [0.717, 1.165) is 30.6 Å². The first-order valence-corrected chi connectivity index (χ1v) is 6.38. The number of likely N-dealkylation sites (N-methyl/N-ethyl adjacent to an activating group) is 2. The molecule has 1 fully saturated rings. The Bertz CT molecular complexity index is 340. The Kier molecular flexibility index (Phi) is 3.73. The summed E-state index contributed by atoms with van der Waals surface area (Å²) in [6.45, 7) is 3.28. The van der Waals surface area contributed by atoms with Crippen LogP contribution in [0, 0.1) is 0 Å². The van der Waals surface area contributed by atoms with Crippen molar-refractivity contribution in [2.75, 3.05) is 46.1 Å². The van der Waals surface area contributed by atoms with Gasteiger partial charge in [-0.3, -0.25) is 4.90 Å². The van der Waals surface area contributed by atoms with Crippen LogP contribution in [0.1, 0.15) is 18.3 Å². The van der Waals surface area contributed by atoms with Gasteiger partial charge < -0.3 is 10.2 Å². The van der Waals surface area contributed by atoms with E-state index in [-0.39, 0.29) is 0 Å². The molecule has 0 bridgehead atoms. The molecule has 1 saturated heterocycles. The van der Waals surface area contributed by atoms with Crippen LogP contribution < -0.4 is 5.32 Å². The highest BCUT2D eigenvalue weighted by Gasteiger charge is 2.25. The van der Waals surface area contributed by atoms with E-state index in [1.54, 1.807) is 0 Å². The first-order chi connectivity index (χ1) is 7.70. The zero-order valence-corrected chi connectivity index (χ0v) is 10.9. The van der Waals surface area contributed by atoms with Crippen molar-refractivity contribution in [2.24, 2.45) is 0 Å². The number of rotatable bonds is 2. The molecule has 1 aromatic heterocycles. The fraction of sp³-hybridized carbons (Fsp3) is 0.800. The van der Waals surface area contributed by atoms with Gasteiger partial charge in [-0.25, -0.2) is 4.98 Å². The fourth-order valence-corrected chi connectivity index (χ4v) is 2.59. The van der Waals surface area contributed by atoms with Crippen LogP contribution in [0.15, 0.2) is 0 Å². The minimum Gasteiger partial charge on any atom is -0.363 e. The van der Waals surface area contributed by atoms with E-state index in [1.807, 2.05) is 7.05 Å². The third-order valence-electron chi connectivity index (χ3n) is 3.02. The van der Waals surface area contributed by atoms with Gasteiger partial charge in [-0.2, -0.15) is 4.37 Å². The van der Waals surface area contributed by atoms with E-state index in [9.17, 15) is 0 Å². The van der Waals surface area contributed by atoms with Gasteiger partial charge in [0.15, 0.2) is 5.82 Å². The van der Waals surface area contributed by atoms with E-state index in [4.69, 9.17) is 0 Å². The van der Waals surface area contributed by atoms with Crippen LogP contribution in [0.5, 0.6) is 0 Å². The molecule has 0 saturated carbocycles. The molecule has 2 heterocycles. The molecule has 0 amide bonds. The van der Waals surface area contributed by atoms with Crippen molar-refractivity contribution in [1.29, 1.82) is 0 Å². The summed E-state index contributed by atoms with van der Waals surface area (Å²) in [6, 6.07) is 0.325.